The Morgan fingerprint density at radius 1 is 1.40 bits per heavy atom. The number of nitrogens with one attached hydrogen (secondary N) is 1. The van der Waals surface area contributed by atoms with Crippen LogP contribution in [0.2, 0.25) is 0 Å². The Hall–Kier alpha value is -1.10. The van der Waals surface area contributed by atoms with Gasteiger partial charge in [0.05, 0.1) is 11.3 Å². The summed E-state index contributed by atoms with van der Waals surface area (Å²) < 4.78 is 37.2. The van der Waals surface area contributed by atoms with E-state index >= 15 is 0 Å². The molecule has 0 radical (unpaired) electrons. The monoisotopic (exact) mass is 216 g/mol. The van der Waals surface area contributed by atoms with E-state index in [1.165, 1.54) is 6.20 Å². The van der Waals surface area contributed by atoms with Gasteiger partial charge in [-0.15, -0.1) is 0 Å². The van der Waals surface area contributed by atoms with E-state index in [2.05, 4.69) is 10.3 Å². The maximum absolute atomic E-state index is 12.4. The molecular formula is C10H11F3N2. The van der Waals surface area contributed by atoms with Gasteiger partial charge < -0.3 is 5.32 Å². The molecule has 0 aliphatic carbocycles. The van der Waals surface area contributed by atoms with Crippen molar-refractivity contribution in [2.45, 2.75) is 25.1 Å². The van der Waals surface area contributed by atoms with Gasteiger partial charge >= 0.3 is 6.18 Å². The van der Waals surface area contributed by atoms with Gasteiger partial charge in [-0.3, -0.25) is 4.98 Å². The van der Waals surface area contributed by atoms with Gasteiger partial charge in [-0.1, -0.05) is 0 Å². The molecule has 1 aromatic heterocycles. The minimum absolute atomic E-state index is 0.0210. The van der Waals surface area contributed by atoms with E-state index in [0.717, 1.165) is 31.5 Å². The van der Waals surface area contributed by atoms with Crippen molar-refractivity contribution >= 4 is 0 Å². The standard InChI is InChI=1S/C10H11F3N2/c11-10(12,13)7-3-5-15-9(6-7)8-2-1-4-14-8/h3,5-6,8,14H,1-2,4H2/t8-/m1/s1. The second-order valence-electron chi connectivity index (χ2n) is 3.62. The maximum Gasteiger partial charge on any atom is 0.416 e. The van der Waals surface area contributed by atoms with Crippen molar-refractivity contribution in [2.75, 3.05) is 6.54 Å². The molecule has 0 aromatic carbocycles. The third-order valence-corrected chi connectivity index (χ3v) is 2.53. The van der Waals surface area contributed by atoms with Gasteiger partial charge in [0.25, 0.3) is 0 Å². The number of pyridine rings is 1. The van der Waals surface area contributed by atoms with E-state index in [1.807, 2.05) is 0 Å². The zero-order valence-corrected chi connectivity index (χ0v) is 8.01. The molecule has 0 amide bonds. The Bertz CT molecular complexity index is 343. The Morgan fingerprint density at radius 3 is 2.80 bits per heavy atom. The number of rotatable bonds is 1. The molecule has 2 nitrogen and oxygen atoms in total. The summed E-state index contributed by atoms with van der Waals surface area (Å²) in [6.07, 6.45) is -1.22. The molecule has 0 spiro atoms. The summed E-state index contributed by atoms with van der Waals surface area (Å²) in [5, 5.41) is 3.12. The first-order valence-corrected chi connectivity index (χ1v) is 4.84. The lowest BCUT2D eigenvalue weighted by molar-refractivity contribution is -0.137. The summed E-state index contributed by atoms with van der Waals surface area (Å²) in [4.78, 5) is 3.97. The van der Waals surface area contributed by atoms with E-state index in [4.69, 9.17) is 0 Å². The smallest absolute Gasteiger partial charge is 0.309 e. The average molecular weight is 216 g/mol. The molecule has 5 heteroatoms. The van der Waals surface area contributed by atoms with Gasteiger partial charge in [-0.2, -0.15) is 13.2 Å². The predicted octanol–water partition coefficient (Wildman–Crippen LogP) is 2.52. The second kappa shape index (κ2) is 3.81. The Kier molecular flexibility index (Phi) is 2.65. The third kappa shape index (κ3) is 2.28. The fraction of sp³-hybridized carbons (Fsp3) is 0.500. The highest BCUT2D eigenvalue weighted by Gasteiger charge is 2.31. The van der Waals surface area contributed by atoms with Crippen LogP contribution in [0.25, 0.3) is 0 Å². The van der Waals surface area contributed by atoms with Crippen molar-refractivity contribution in [2.24, 2.45) is 0 Å². The number of aromatic nitrogens is 1. The van der Waals surface area contributed by atoms with Crippen LogP contribution in [0.4, 0.5) is 13.2 Å². The minimum Gasteiger partial charge on any atom is -0.309 e. The van der Waals surface area contributed by atoms with Crippen LogP contribution < -0.4 is 5.32 Å². The summed E-state index contributed by atoms with van der Waals surface area (Å²) in [7, 11) is 0. The van der Waals surface area contributed by atoms with E-state index in [-0.39, 0.29) is 6.04 Å². The van der Waals surface area contributed by atoms with E-state index < -0.39 is 11.7 Å². The highest BCUT2D eigenvalue weighted by atomic mass is 19.4. The summed E-state index contributed by atoms with van der Waals surface area (Å²) in [5.74, 6) is 0. The van der Waals surface area contributed by atoms with Gasteiger partial charge in [0, 0.05) is 12.2 Å². The highest BCUT2D eigenvalue weighted by Crippen LogP contribution is 2.31. The zero-order chi connectivity index (χ0) is 10.9. The van der Waals surface area contributed by atoms with Gasteiger partial charge in [-0.05, 0) is 31.5 Å². The van der Waals surface area contributed by atoms with Crippen LogP contribution in [-0.2, 0) is 6.18 Å². The van der Waals surface area contributed by atoms with Crippen molar-refractivity contribution in [1.82, 2.24) is 10.3 Å². The molecule has 1 saturated heterocycles. The van der Waals surface area contributed by atoms with E-state index in [0.29, 0.717) is 5.69 Å². The van der Waals surface area contributed by atoms with E-state index in [1.54, 1.807) is 0 Å². The summed E-state index contributed by atoms with van der Waals surface area (Å²) in [6.45, 7) is 0.850. The molecule has 82 valence electrons. The first-order valence-electron chi connectivity index (χ1n) is 4.84. The Balaban J connectivity index is 2.26. The van der Waals surface area contributed by atoms with Crippen molar-refractivity contribution in [3.05, 3.63) is 29.6 Å². The van der Waals surface area contributed by atoms with Crippen molar-refractivity contribution in [3.63, 3.8) is 0 Å². The molecule has 1 fully saturated rings. The first kappa shape index (κ1) is 10.4. The molecular weight excluding hydrogens is 205 g/mol. The average Bonchev–Trinajstić information content (AvgIpc) is 2.69. The van der Waals surface area contributed by atoms with E-state index in [9.17, 15) is 13.2 Å². The molecule has 2 heterocycles. The molecule has 15 heavy (non-hydrogen) atoms. The molecule has 1 aliphatic rings. The largest absolute Gasteiger partial charge is 0.416 e. The molecule has 2 rings (SSSR count). The number of alkyl halides is 3. The maximum atomic E-state index is 12.4. The lowest BCUT2D eigenvalue weighted by Gasteiger charge is -2.12. The summed E-state index contributed by atoms with van der Waals surface area (Å²) in [5.41, 5.74) is -0.136. The minimum atomic E-state index is -4.28. The van der Waals surface area contributed by atoms with Gasteiger partial charge in [0.2, 0.25) is 0 Å². The Morgan fingerprint density at radius 2 is 2.20 bits per heavy atom. The third-order valence-electron chi connectivity index (χ3n) is 2.53. The topological polar surface area (TPSA) is 24.9 Å². The van der Waals surface area contributed by atoms with Crippen molar-refractivity contribution < 1.29 is 13.2 Å². The SMILES string of the molecule is FC(F)(F)c1ccnc([C@H]2CCCN2)c1. The van der Waals surface area contributed by atoms with Gasteiger partial charge in [0.1, 0.15) is 0 Å². The lowest BCUT2D eigenvalue weighted by Crippen LogP contribution is -2.15. The quantitative estimate of drug-likeness (QED) is 0.780. The zero-order valence-electron chi connectivity index (χ0n) is 8.01. The van der Waals surface area contributed by atoms with Crippen LogP contribution in [0.1, 0.15) is 30.1 Å². The molecule has 1 aliphatic heterocycles. The predicted molar refractivity (Wildman–Crippen MR) is 49.2 cm³/mol. The van der Waals surface area contributed by atoms with Gasteiger partial charge in [0.15, 0.2) is 0 Å². The van der Waals surface area contributed by atoms with Crippen molar-refractivity contribution in [1.29, 1.82) is 0 Å². The van der Waals surface area contributed by atoms with Crippen LogP contribution in [0.5, 0.6) is 0 Å². The molecule has 0 unspecified atom stereocenters. The summed E-state index contributed by atoms with van der Waals surface area (Å²) in [6, 6.07) is 2.11. The highest BCUT2D eigenvalue weighted by molar-refractivity contribution is 5.21. The van der Waals surface area contributed by atoms with Crippen molar-refractivity contribution in [3.8, 4) is 0 Å². The molecule has 0 saturated carbocycles. The van der Waals surface area contributed by atoms with Crippen LogP contribution in [0.3, 0.4) is 0 Å². The molecule has 1 atom stereocenters. The number of hydrogen-bond donors (Lipinski definition) is 1. The fourth-order valence-electron chi connectivity index (χ4n) is 1.75. The number of halogens is 3. The lowest BCUT2D eigenvalue weighted by atomic mass is 10.1. The Labute approximate surface area is 85.5 Å². The molecule has 1 aromatic rings. The first-order chi connectivity index (χ1) is 7.07. The summed E-state index contributed by atoms with van der Waals surface area (Å²) >= 11 is 0. The van der Waals surface area contributed by atoms with Crippen LogP contribution in [0, 0.1) is 0 Å². The van der Waals surface area contributed by atoms with Gasteiger partial charge in [-0.25, -0.2) is 0 Å². The fourth-order valence-corrected chi connectivity index (χ4v) is 1.75. The second-order valence-corrected chi connectivity index (χ2v) is 3.62. The number of nitrogens with zero attached hydrogens (tertiary/aromatic N) is 1. The normalized spacial score (nSPS) is 21.9. The van der Waals surface area contributed by atoms with Crippen LogP contribution in [0.15, 0.2) is 18.3 Å². The van der Waals surface area contributed by atoms with Crippen LogP contribution in [-0.4, -0.2) is 11.5 Å². The molecule has 1 N–H and O–H groups in total. The number of hydrogen-bond acceptors (Lipinski definition) is 2. The van der Waals surface area contributed by atoms with Crippen LogP contribution >= 0.6 is 0 Å². The molecule has 0 bridgehead atoms.